The molecule has 180 valence electrons. The van der Waals surface area contributed by atoms with Crippen LogP contribution in [0.25, 0.3) is 10.8 Å². The first-order valence-corrected chi connectivity index (χ1v) is 12.0. The number of amides is 2. The van der Waals surface area contributed by atoms with Crippen molar-refractivity contribution in [3.8, 4) is 10.8 Å². The van der Waals surface area contributed by atoms with Gasteiger partial charge in [0.25, 0.3) is 0 Å². The number of piperazine rings is 1. The highest BCUT2D eigenvalue weighted by Crippen LogP contribution is 2.26. The van der Waals surface area contributed by atoms with E-state index in [1.54, 1.807) is 17.2 Å². The lowest BCUT2D eigenvalue weighted by atomic mass is 10.2. The molecule has 0 aliphatic carbocycles. The third kappa shape index (κ3) is 5.93. The van der Waals surface area contributed by atoms with Gasteiger partial charge >= 0.3 is 6.09 Å². The standard InChI is InChI=1S/C24H29N5O4S/c1-16-18(26-22(32-16)19-6-5-13-34-19)14-21(30)27-20-8-7-17(15-25-20)28-9-11-29(12-10-28)23(31)33-24(2,3)4/h5-8,13,15H,9-12,14H2,1-4H3,(H,25,27,30). The smallest absolute Gasteiger partial charge is 0.410 e. The van der Waals surface area contributed by atoms with Gasteiger partial charge < -0.3 is 24.3 Å². The van der Waals surface area contributed by atoms with Crippen LogP contribution in [-0.2, 0) is 16.0 Å². The van der Waals surface area contributed by atoms with E-state index < -0.39 is 5.60 Å². The van der Waals surface area contributed by atoms with Crippen molar-refractivity contribution in [2.45, 2.75) is 39.7 Å². The lowest BCUT2D eigenvalue weighted by Gasteiger charge is -2.36. The number of carbonyl (C=O) groups excluding carboxylic acids is 2. The van der Waals surface area contributed by atoms with Gasteiger partial charge in [-0.3, -0.25) is 4.79 Å². The van der Waals surface area contributed by atoms with Crippen LogP contribution in [0.4, 0.5) is 16.3 Å². The molecule has 10 heteroatoms. The summed E-state index contributed by atoms with van der Waals surface area (Å²) < 4.78 is 11.2. The molecule has 4 rings (SSSR count). The average molecular weight is 484 g/mol. The third-order valence-corrected chi connectivity index (χ3v) is 6.12. The number of hydrogen-bond acceptors (Lipinski definition) is 8. The number of aromatic nitrogens is 2. The van der Waals surface area contributed by atoms with Crippen LogP contribution in [0.15, 0.2) is 40.3 Å². The first kappa shape index (κ1) is 23.7. The molecule has 0 aromatic carbocycles. The lowest BCUT2D eigenvalue weighted by Crippen LogP contribution is -2.50. The van der Waals surface area contributed by atoms with Gasteiger partial charge in [-0.25, -0.2) is 14.8 Å². The summed E-state index contributed by atoms with van der Waals surface area (Å²) >= 11 is 1.54. The van der Waals surface area contributed by atoms with E-state index in [1.807, 2.05) is 51.3 Å². The topological polar surface area (TPSA) is 101 Å². The molecule has 4 heterocycles. The second-order valence-electron chi connectivity index (χ2n) is 9.08. The van der Waals surface area contributed by atoms with Gasteiger partial charge in [-0.15, -0.1) is 11.3 Å². The molecule has 0 unspecified atom stereocenters. The van der Waals surface area contributed by atoms with Crippen LogP contribution < -0.4 is 10.2 Å². The molecule has 0 saturated carbocycles. The Morgan fingerprint density at radius 2 is 1.94 bits per heavy atom. The zero-order chi connectivity index (χ0) is 24.3. The minimum Gasteiger partial charge on any atom is -0.444 e. The van der Waals surface area contributed by atoms with Crippen LogP contribution >= 0.6 is 11.3 Å². The monoisotopic (exact) mass is 483 g/mol. The van der Waals surface area contributed by atoms with Crippen LogP contribution in [0.3, 0.4) is 0 Å². The van der Waals surface area contributed by atoms with Gasteiger partial charge in [0, 0.05) is 26.2 Å². The minimum atomic E-state index is -0.503. The lowest BCUT2D eigenvalue weighted by molar-refractivity contribution is -0.115. The number of rotatable bonds is 5. The minimum absolute atomic E-state index is 0.108. The van der Waals surface area contributed by atoms with Gasteiger partial charge in [-0.1, -0.05) is 6.07 Å². The van der Waals surface area contributed by atoms with E-state index in [0.717, 1.165) is 10.6 Å². The van der Waals surface area contributed by atoms with Crippen LogP contribution in [0, 0.1) is 6.92 Å². The van der Waals surface area contributed by atoms with Crippen molar-refractivity contribution in [3.05, 3.63) is 47.3 Å². The number of thiophene rings is 1. The summed E-state index contributed by atoms with van der Waals surface area (Å²) in [5.74, 6) is 1.43. The highest BCUT2D eigenvalue weighted by molar-refractivity contribution is 7.13. The van der Waals surface area contributed by atoms with Crippen molar-refractivity contribution in [2.75, 3.05) is 36.4 Å². The van der Waals surface area contributed by atoms with Gasteiger partial charge in [0.15, 0.2) is 0 Å². The number of oxazole rings is 1. The van der Waals surface area contributed by atoms with Gasteiger partial charge in [-0.2, -0.15) is 0 Å². The molecule has 1 aliphatic heterocycles. The zero-order valence-corrected chi connectivity index (χ0v) is 20.6. The second-order valence-corrected chi connectivity index (χ2v) is 10.0. The Labute approximate surface area is 202 Å². The summed E-state index contributed by atoms with van der Waals surface area (Å²) in [5.41, 5.74) is 1.05. The summed E-state index contributed by atoms with van der Waals surface area (Å²) in [6, 6.07) is 7.56. The number of aryl methyl sites for hydroxylation is 1. The van der Waals surface area contributed by atoms with E-state index in [-0.39, 0.29) is 18.4 Å². The summed E-state index contributed by atoms with van der Waals surface area (Å²) in [5, 5.41) is 4.77. The second kappa shape index (κ2) is 9.84. The first-order chi connectivity index (χ1) is 16.2. The maximum absolute atomic E-state index is 12.5. The molecule has 0 atom stereocenters. The predicted molar refractivity (Wildman–Crippen MR) is 131 cm³/mol. The van der Waals surface area contributed by atoms with E-state index >= 15 is 0 Å². The van der Waals surface area contributed by atoms with Crippen LogP contribution in [0.2, 0.25) is 0 Å². The Bertz CT molecular complexity index is 1130. The average Bonchev–Trinajstić information content (AvgIpc) is 3.44. The molecule has 1 fully saturated rings. The van der Waals surface area contributed by atoms with Crippen LogP contribution in [0.5, 0.6) is 0 Å². The molecule has 34 heavy (non-hydrogen) atoms. The summed E-state index contributed by atoms with van der Waals surface area (Å²) in [6.45, 7) is 9.93. The highest BCUT2D eigenvalue weighted by Gasteiger charge is 2.26. The van der Waals surface area contributed by atoms with E-state index in [2.05, 4.69) is 20.2 Å². The van der Waals surface area contributed by atoms with Crippen LogP contribution in [-0.4, -0.2) is 58.6 Å². The normalized spacial score (nSPS) is 14.2. The summed E-state index contributed by atoms with van der Waals surface area (Å²) in [4.78, 5) is 38.4. The Morgan fingerprint density at radius 1 is 1.18 bits per heavy atom. The van der Waals surface area contributed by atoms with Crippen molar-refractivity contribution >= 4 is 34.8 Å². The van der Waals surface area contributed by atoms with Gasteiger partial charge in [0.1, 0.15) is 17.2 Å². The van der Waals surface area contributed by atoms with Crippen molar-refractivity contribution in [1.29, 1.82) is 0 Å². The Kier molecular flexibility index (Phi) is 6.87. The van der Waals surface area contributed by atoms with E-state index in [1.165, 1.54) is 11.3 Å². The molecule has 0 bridgehead atoms. The number of anilines is 2. The molecule has 3 aromatic rings. The number of nitrogens with zero attached hydrogens (tertiary/aromatic N) is 4. The van der Waals surface area contributed by atoms with Gasteiger partial charge in [0.05, 0.1) is 28.9 Å². The quantitative estimate of drug-likeness (QED) is 0.576. The zero-order valence-electron chi connectivity index (χ0n) is 19.8. The SMILES string of the molecule is Cc1oc(-c2cccs2)nc1CC(=O)Nc1ccc(N2CCN(C(=O)OC(C)(C)C)CC2)cn1. The van der Waals surface area contributed by atoms with Crippen molar-refractivity contribution < 1.29 is 18.7 Å². The molecule has 0 radical (unpaired) electrons. The molecule has 1 aliphatic rings. The molecule has 1 N–H and O–H groups in total. The predicted octanol–water partition coefficient (Wildman–Crippen LogP) is 4.34. The van der Waals surface area contributed by atoms with Gasteiger partial charge in [0.2, 0.25) is 11.8 Å². The Hall–Kier alpha value is -3.40. The molecular formula is C24H29N5O4S. The molecule has 3 aromatic heterocycles. The number of nitrogens with one attached hydrogen (secondary N) is 1. The molecule has 1 saturated heterocycles. The van der Waals surface area contributed by atoms with Gasteiger partial charge in [-0.05, 0) is 51.3 Å². The summed E-state index contributed by atoms with van der Waals surface area (Å²) in [7, 11) is 0. The number of pyridine rings is 1. The fraction of sp³-hybridized carbons (Fsp3) is 0.417. The van der Waals surface area contributed by atoms with Crippen LogP contribution in [0.1, 0.15) is 32.2 Å². The number of hydrogen-bond donors (Lipinski definition) is 1. The molecule has 0 spiro atoms. The van der Waals surface area contributed by atoms with Crippen molar-refractivity contribution in [1.82, 2.24) is 14.9 Å². The Morgan fingerprint density at radius 3 is 2.56 bits per heavy atom. The van der Waals surface area contributed by atoms with Crippen molar-refractivity contribution in [2.24, 2.45) is 0 Å². The Balaban J connectivity index is 1.29. The fourth-order valence-corrected chi connectivity index (χ4v) is 4.21. The third-order valence-electron chi connectivity index (χ3n) is 5.26. The number of ether oxygens (including phenoxy) is 1. The van der Waals surface area contributed by atoms with E-state index in [4.69, 9.17) is 9.15 Å². The number of carbonyl (C=O) groups is 2. The van der Waals surface area contributed by atoms with E-state index in [9.17, 15) is 9.59 Å². The highest BCUT2D eigenvalue weighted by atomic mass is 32.1. The fourth-order valence-electron chi connectivity index (χ4n) is 3.56. The molecular weight excluding hydrogens is 454 g/mol. The molecule has 2 amide bonds. The largest absolute Gasteiger partial charge is 0.444 e. The van der Waals surface area contributed by atoms with E-state index in [0.29, 0.717) is 49.3 Å². The first-order valence-electron chi connectivity index (χ1n) is 11.2. The van der Waals surface area contributed by atoms with Crippen molar-refractivity contribution in [3.63, 3.8) is 0 Å². The summed E-state index contributed by atoms with van der Waals surface area (Å²) in [6.07, 6.45) is 1.55. The molecule has 9 nitrogen and oxygen atoms in total. The maximum Gasteiger partial charge on any atom is 0.410 e. The maximum atomic E-state index is 12.5.